The van der Waals surface area contributed by atoms with Gasteiger partial charge in [0, 0.05) is 17.6 Å². The summed E-state index contributed by atoms with van der Waals surface area (Å²) >= 11 is 1.70. The molecule has 1 aromatic carbocycles. The zero-order valence-corrected chi connectivity index (χ0v) is 16.1. The molecule has 0 unspecified atom stereocenters. The molecule has 28 heavy (non-hydrogen) atoms. The maximum absolute atomic E-state index is 5.47. The molecule has 0 saturated heterocycles. The second kappa shape index (κ2) is 7.09. The molecule has 1 N–H and O–H groups in total. The Morgan fingerprint density at radius 3 is 2.86 bits per heavy atom. The van der Waals surface area contributed by atoms with Gasteiger partial charge in [0.05, 0.1) is 5.39 Å². The van der Waals surface area contributed by atoms with E-state index >= 15 is 0 Å². The number of hydrogen-bond acceptors (Lipinski definition) is 7. The van der Waals surface area contributed by atoms with Gasteiger partial charge < -0.3 is 14.8 Å². The Kier molecular flexibility index (Phi) is 4.29. The quantitative estimate of drug-likeness (QED) is 0.535. The van der Waals surface area contributed by atoms with Crippen molar-refractivity contribution in [3.63, 3.8) is 0 Å². The lowest BCUT2D eigenvalue weighted by Gasteiger charge is -2.09. The minimum Gasteiger partial charge on any atom is -0.454 e. The fraction of sp³-hybridized carbons (Fsp3) is 0.190. The molecular weight excluding hydrogens is 372 g/mol. The van der Waals surface area contributed by atoms with Crippen molar-refractivity contribution in [2.45, 2.75) is 19.9 Å². The van der Waals surface area contributed by atoms with Gasteiger partial charge in [0.1, 0.15) is 16.3 Å². The van der Waals surface area contributed by atoms with E-state index in [0.717, 1.165) is 45.2 Å². The highest BCUT2D eigenvalue weighted by Gasteiger charge is 2.15. The molecule has 0 atom stereocenters. The van der Waals surface area contributed by atoms with Gasteiger partial charge in [-0.25, -0.2) is 9.97 Å². The zero-order chi connectivity index (χ0) is 18.9. The predicted octanol–water partition coefficient (Wildman–Crippen LogP) is 4.66. The average Bonchev–Trinajstić information content (AvgIpc) is 3.38. The molecule has 0 amide bonds. The first kappa shape index (κ1) is 16.9. The number of ether oxygens (including phenoxy) is 2. The topological polar surface area (TPSA) is 69.2 Å². The van der Waals surface area contributed by atoms with E-state index in [9.17, 15) is 0 Å². The van der Waals surface area contributed by atoms with Crippen molar-refractivity contribution in [1.29, 1.82) is 0 Å². The molecule has 0 aliphatic carbocycles. The van der Waals surface area contributed by atoms with Crippen LogP contribution in [0.25, 0.3) is 21.7 Å². The highest BCUT2D eigenvalue weighted by Crippen LogP contribution is 2.34. The molecule has 0 bridgehead atoms. The number of aryl methyl sites for hydroxylation is 1. The maximum Gasteiger partial charge on any atom is 0.231 e. The Morgan fingerprint density at radius 1 is 1.07 bits per heavy atom. The number of thiophene rings is 1. The molecule has 7 heteroatoms. The summed E-state index contributed by atoms with van der Waals surface area (Å²) in [5, 5.41) is 4.52. The lowest BCUT2D eigenvalue weighted by atomic mass is 10.2. The normalized spacial score (nSPS) is 12.5. The number of aromatic nitrogens is 3. The van der Waals surface area contributed by atoms with E-state index in [-0.39, 0.29) is 6.79 Å². The van der Waals surface area contributed by atoms with Crippen LogP contribution in [0.5, 0.6) is 11.5 Å². The summed E-state index contributed by atoms with van der Waals surface area (Å²) in [6.07, 6.45) is 2.73. The Hall–Kier alpha value is -3.19. The number of nitrogens with one attached hydrogen (secondary N) is 1. The van der Waals surface area contributed by atoms with Gasteiger partial charge in [0.15, 0.2) is 17.3 Å². The van der Waals surface area contributed by atoms with Gasteiger partial charge in [0.25, 0.3) is 0 Å². The van der Waals surface area contributed by atoms with E-state index in [0.29, 0.717) is 12.4 Å². The van der Waals surface area contributed by atoms with Crippen LogP contribution >= 0.6 is 11.3 Å². The number of nitrogens with zero attached hydrogens (tertiary/aromatic N) is 3. The number of benzene rings is 1. The molecule has 4 heterocycles. The van der Waals surface area contributed by atoms with Crippen LogP contribution < -0.4 is 14.8 Å². The second-order valence-electron chi connectivity index (χ2n) is 6.44. The van der Waals surface area contributed by atoms with Gasteiger partial charge in [-0.3, -0.25) is 4.98 Å². The van der Waals surface area contributed by atoms with Crippen LogP contribution in [0.2, 0.25) is 0 Å². The van der Waals surface area contributed by atoms with Gasteiger partial charge >= 0.3 is 0 Å². The minimum atomic E-state index is 0.279. The Labute approximate surface area is 166 Å². The molecule has 140 valence electrons. The van der Waals surface area contributed by atoms with E-state index in [4.69, 9.17) is 19.4 Å². The summed E-state index contributed by atoms with van der Waals surface area (Å²) in [7, 11) is 0. The molecule has 1 aliphatic rings. The molecule has 6 nitrogen and oxygen atoms in total. The number of pyridine rings is 1. The summed E-state index contributed by atoms with van der Waals surface area (Å²) in [6.45, 7) is 3.06. The Morgan fingerprint density at radius 2 is 2.00 bits per heavy atom. The van der Waals surface area contributed by atoms with Crippen molar-refractivity contribution >= 4 is 27.4 Å². The van der Waals surface area contributed by atoms with Crippen molar-refractivity contribution in [2.24, 2.45) is 0 Å². The molecule has 3 aromatic heterocycles. The molecule has 1 aliphatic heterocycles. The third-order valence-electron chi connectivity index (χ3n) is 4.58. The number of fused-ring (bicyclic) bond motifs is 2. The summed E-state index contributed by atoms with van der Waals surface area (Å²) in [4.78, 5) is 16.2. The monoisotopic (exact) mass is 390 g/mol. The SMILES string of the molecule is CCc1cc2c(NCc3ccc4c(c3)OCO4)nc(-c3ccccn3)nc2s1. The van der Waals surface area contributed by atoms with Crippen LogP contribution in [-0.2, 0) is 13.0 Å². The lowest BCUT2D eigenvalue weighted by molar-refractivity contribution is 0.174. The predicted molar refractivity (Wildman–Crippen MR) is 110 cm³/mol. The van der Waals surface area contributed by atoms with E-state index in [1.54, 1.807) is 17.5 Å². The van der Waals surface area contributed by atoms with Crippen LogP contribution in [0.15, 0.2) is 48.7 Å². The van der Waals surface area contributed by atoms with Crippen LogP contribution in [0.3, 0.4) is 0 Å². The largest absolute Gasteiger partial charge is 0.454 e. The molecule has 0 radical (unpaired) electrons. The summed E-state index contributed by atoms with van der Waals surface area (Å²) < 4.78 is 10.9. The van der Waals surface area contributed by atoms with Crippen molar-refractivity contribution in [1.82, 2.24) is 15.0 Å². The third-order valence-corrected chi connectivity index (χ3v) is 5.76. The molecule has 0 fully saturated rings. The maximum atomic E-state index is 5.47. The fourth-order valence-electron chi connectivity index (χ4n) is 3.13. The fourth-order valence-corrected chi connectivity index (χ4v) is 4.09. The van der Waals surface area contributed by atoms with Crippen LogP contribution in [0.4, 0.5) is 5.82 Å². The van der Waals surface area contributed by atoms with Crippen molar-refractivity contribution in [3.8, 4) is 23.0 Å². The average molecular weight is 390 g/mol. The first-order chi connectivity index (χ1) is 13.8. The smallest absolute Gasteiger partial charge is 0.231 e. The number of rotatable bonds is 5. The van der Waals surface area contributed by atoms with Crippen LogP contribution in [0, 0.1) is 0 Å². The highest BCUT2D eigenvalue weighted by molar-refractivity contribution is 7.18. The van der Waals surface area contributed by atoms with Crippen molar-refractivity contribution < 1.29 is 9.47 Å². The number of hydrogen-bond donors (Lipinski definition) is 1. The van der Waals surface area contributed by atoms with E-state index in [1.807, 2.05) is 36.4 Å². The Bertz CT molecular complexity index is 1140. The molecular formula is C21H18N4O2S. The molecule has 5 rings (SSSR count). The summed E-state index contributed by atoms with van der Waals surface area (Å²) in [5.74, 6) is 3.02. The zero-order valence-electron chi connectivity index (χ0n) is 15.3. The van der Waals surface area contributed by atoms with Gasteiger partial charge in [-0.1, -0.05) is 19.1 Å². The highest BCUT2D eigenvalue weighted by atomic mass is 32.1. The molecule has 0 spiro atoms. The van der Waals surface area contributed by atoms with E-state index < -0.39 is 0 Å². The van der Waals surface area contributed by atoms with Crippen molar-refractivity contribution in [2.75, 3.05) is 12.1 Å². The van der Waals surface area contributed by atoms with Gasteiger partial charge in [-0.2, -0.15) is 0 Å². The molecule has 4 aromatic rings. The van der Waals surface area contributed by atoms with Gasteiger partial charge in [-0.05, 0) is 42.3 Å². The van der Waals surface area contributed by atoms with Crippen molar-refractivity contribution in [3.05, 3.63) is 59.1 Å². The standard InChI is InChI=1S/C21H18N4O2S/c1-2-14-10-15-19(23-11-13-6-7-17-18(9-13)27-12-26-17)24-20(25-21(15)28-14)16-5-3-4-8-22-16/h3-10H,2,11-12H2,1H3,(H,23,24,25). The minimum absolute atomic E-state index is 0.279. The second-order valence-corrected chi connectivity index (χ2v) is 7.55. The number of anilines is 1. The van der Waals surface area contributed by atoms with Gasteiger partial charge in [0.2, 0.25) is 6.79 Å². The summed E-state index contributed by atoms with van der Waals surface area (Å²) in [6, 6.07) is 13.9. The Balaban J connectivity index is 1.50. The first-order valence-electron chi connectivity index (χ1n) is 9.14. The van der Waals surface area contributed by atoms with E-state index in [1.165, 1.54) is 4.88 Å². The lowest BCUT2D eigenvalue weighted by Crippen LogP contribution is -2.04. The van der Waals surface area contributed by atoms with E-state index in [2.05, 4.69) is 23.3 Å². The third kappa shape index (κ3) is 3.14. The van der Waals surface area contributed by atoms with Crippen LogP contribution in [0.1, 0.15) is 17.4 Å². The van der Waals surface area contributed by atoms with Gasteiger partial charge in [-0.15, -0.1) is 11.3 Å². The first-order valence-corrected chi connectivity index (χ1v) is 9.96. The molecule has 0 saturated carbocycles. The van der Waals surface area contributed by atoms with Crippen LogP contribution in [-0.4, -0.2) is 21.7 Å². The summed E-state index contributed by atoms with van der Waals surface area (Å²) in [5.41, 5.74) is 1.86.